The van der Waals surface area contributed by atoms with Gasteiger partial charge in [0.05, 0.1) is 5.56 Å². The Bertz CT molecular complexity index is 715. The standard InChI is InChI=1S/C16H15FN2O2/c17-11-4-5-12(15(20)8-11)16(21)19-7-6-10-2-1-3-14(18)13(10)9-19/h1-5,8,20H,6-7,9,18H2. The summed E-state index contributed by atoms with van der Waals surface area (Å²) in [5, 5.41) is 9.73. The summed E-state index contributed by atoms with van der Waals surface area (Å²) in [7, 11) is 0. The molecule has 0 spiro atoms. The van der Waals surface area contributed by atoms with Crippen molar-refractivity contribution in [1.29, 1.82) is 0 Å². The summed E-state index contributed by atoms with van der Waals surface area (Å²) < 4.78 is 13.0. The van der Waals surface area contributed by atoms with Crippen molar-refractivity contribution in [2.45, 2.75) is 13.0 Å². The molecule has 0 fully saturated rings. The Morgan fingerprint density at radius 2 is 2.10 bits per heavy atom. The number of rotatable bonds is 1. The van der Waals surface area contributed by atoms with Gasteiger partial charge >= 0.3 is 0 Å². The number of halogens is 1. The number of fused-ring (bicyclic) bond motifs is 1. The van der Waals surface area contributed by atoms with E-state index in [-0.39, 0.29) is 17.2 Å². The van der Waals surface area contributed by atoms with Gasteiger partial charge in [0.25, 0.3) is 5.91 Å². The van der Waals surface area contributed by atoms with E-state index in [1.54, 1.807) is 4.90 Å². The molecular weight excluding hydrogens is 271 g/mol. The molecule has 5 heteroatoms. The first-order chi connectivity index (χ1) is 10.1. The van der Waals surface area contributed by atoms with Crippen LogP contribution in [0.2, 0.25) is 0 Å². The first-order valence-electron chi connectivity index (χ1n) is 6.70. The molecule has 1 amide bonds. The number of phenolic OH excluding ortho intramolecular Hbond substituents is 1. The topological polar surface area (TPSA) is 66.6 Å². The highest BCUT2D eigenvalue weighted by Gasteiger charge is 2.24. The summed E-state index contributed by atoms with van der Waals surface area (Å²) in [6.07, 6.45) is 0.716. The number of carbonyl (C=O) groups excluding carboxylic acids is 1. The van der Waals surface area contributed by atoms with Crippen LogP contribution in [0.1, 0.15) is 21.5 Å². The van der Waals surface area contributed by atoms with Crippen LogP contribution < -0.4 is 5.73 Å². The molecule has 0 saturated carbocycles. The predicted molar refractivity (Wildman–Crippen MR) is 77.4 cm³/mol. The van der Waals surface area contributed by atoms with Crippen molar-refractivity contribution in [3.8, 4) is 5.75 Å². The minimum Gasteiger partial charge on any atom is -0.507 e. The lowest BCUT2D eigenvalue weighted by Crippen LogP contribution is -2.36. The summed E-state index contributed by atoms with van der Waals surface area (Å²) in [5.74, 6) is -1.23. The van der Waals surface area contributed by atoms with Crippen LogP contribution in [0.5, 0.6) is 5.75 Å². The number of phenols is 1. The van der Waals surface area contributed by atoms with Gasteiger partial charge in [0.15, 0.2) is 0 Å². The number of nitrogen functional groups attached to an aromatic ring is 1. The first kappa shape index (κ1) is 13.4. The number of nitrogens with two attached hydrogens (primary N) is 1. The molecule has 2 aromatic rings. The summed E-state index contributed by atoms with van der Waals surface area (Å²) in [6, 6.07) is 9.12. The van der Waals surface area contributed by atoms with E-state index in [4.69, 9.17) is 5.73 Å². The smallest absolute Gasteiger partial charge is 0.257 e. The molecule has 3 N–H and O–H groups in total. The molecule has 0 bridgehead atoms. The minimum atomic E-state index is -0.572. The number of amides is 1. The predicted octanol–water partition coefficient (Wildman–Crippen LogP) is 2.31. The largest absolute Gasteiger partial charge is 0.507 e. The van der Waals surface area contributed by atoms with Crippen LogP contribution in [0.4, 0.5) is 10.1 Å². The number of carbonyl (C=O) groups is 1. The van der Waals surface area contributed by atoms with Crippen LogP contribution in [-0.4, -0.2) is 22.5 Å². The van der Waals surface area contributed by atoms with E-state index in [9.17, 15) is 14.3 Å². The Morgan fingerprint density at radius 1 is 1.29 bits per heavy atom. The number of benzene rings is 2. The zero-order valence-electron chi connectivity index (χ0n) is 11.3. The van der Waals surface area contributed by atoms with Gasteiger partial charge in [-0.3, -0.25) is 4.79 Å². The summed E-state index contributed by atoms with van der Waals surface area (Å²) in [4.78, 5) is 14.1. The fourth-order valence-corrected chi connectivity index (χ4v) is 2.64. The van der Waals surface area contributed by atoms with Crippen molar-refractivity contribution in [1.82, 2.24) is 4.90 Å². The van der Waals surface area contributed by atoms with Gasteiger partial charge in [0.2, 0.25) is 0 Å². The molecule has 4 nitrogen and oxygen atoms in total. The third-order valence-corrected chi connectivity index (χ3v) is 3.79. The lowest BCUT2D eigenvalue weighted by molar-refractivity contribution is 0.0732. The molecular formula is C16H15FN2O2. The number of aromatic hydroxyl groups is 1. The van der Waals surface area contributed by atoms with Crippen molar-refractivity contribution in [3.63, 3.8) is 0 Å². The summed E-state index contributed by atoms with van der Waals surface area (Å²) in [6.45, 7) is 0.948. The Kier molecular flexibility index (Phi) is 3.25. The molecule has 3 rings (SSSR count). The zero-order chi connectivity index (χ0) is 15.0. The summed E-state index contributed by atoms with van der Waals surface area (Å²) in [5.41, 5.74) is 8.81. The van der Waals surface area contributed by atoms with E-state index in [1.807, 2.05) is 18.2 Å². The van der Waals surface area contributed by atoms with Gasteiger partial charge in [-0.15, -0.1) is 0 Å². The van der Waals surface area contributed by atoms with Gasteiger partial charge in [-0.25, -0.2) is 4.39 Å². The van der Waals surface area contributed by atoms with Gasteiger partial charge < -0.3 is 15.7 Å². The SMILES string of the molecule is Nc1cccc2c1CN(C(=O)c1ccc(F)cc1O)CC2. The van der Waals surface area contributed by atoms with Crippen LogP contribution in [0, 0.1) is 5.82 Å². The second-order valence-electron chi connectivity index (χ2n) is 5.12. The molecule has 0 aromatic heterocycles. The number of hydrogen-bond acceptors (Lipinski definition) is 3. The average molecular weight is 286 g/mol. The minimum absolute atomic E-state index is 0.106. The van der Waals surface area contributed by atoms with Gasteiger partial charge in [-0.1, -0.05) is 12.1 Å². The number of anilines is 1. The monoisotopic (exact) mass is 286 g/mol. The third-order valence-electron chi connectivity index (χ3n) is 3.79. The Morgan fingerprint density at radius 3 is 2.86 bits per heavy atom. The highest BCUT2D eigenvalue weighted by molar-refractivity contribution is 5.97. The molecule has 0 aliphatic carbocycles. The van der Waals surface area contributed by atoms with Crippen LogP contribution >= 0.6 is 0 Å². The van der Waals surface area contributed by atoms with E-state index in [2.05, 4.69) is 0 Å². The van der Waals surface area contributed by atoms with Crippen LogP contribution in [0.25, 0.3) is 0 Å². The third kappa shape index (κ3) is 2.42. The molecule has 21 heavy (non-hydrogen) atoms. The van der Waals surface area contributed by atoms with Crippen LogP contribution in [0.15, 0.2) is 36.4 Å². The van der Waals surface area contributed by atoms with E-state index in [0.29, 0.717) is 25.2 Å². The molecule has 0 atom stereocenters. The lowest BCUT2D eigenvalue weighted by Gasteiger charge is -2.30. The zero-order valence-corrected chi connectivity index (χ0v) is 11.3. The van der Waals surface area contributed by atoms with E-state index in [0.717, 1.165) is 17.2 Å². The fraction of sp³-hybridized carbons (Fsp3) is 0.188. The Hall–Kier alpha value is -2.56. The van der Waals surface area contributed by atoms with Gasteiger partial charge in [-0.05, 0) is 35.7 Å². The molecule has 1 heterocycles. The first-order valence-corrected chi connectivity index (χ1v) is 6.70. The maximum Gasteiger partial charge on any atom is 0.257 e. The fourth-order valence-electron chi connectivity index (χ4n) is 2.64. The van der Waals surface area contributed by atoms with E-state index < -0.39 is 5.82 Å². The molecule has 108 valence electrons. The quantitative estimate of drug-likeness (QED) is 0.791. The number of hydrogen-bond donors (Lipinski definition) is 2. The highest BCUT2D eigenvalue weighted by Crippen LogP contribution is 2.27. The van der Waals surface area contributed by atoms with E-state index in [1.165, 1.54) is 12.1 Å². The van der Waals surface area contributed by atoms with Crippen molar-refractivity contribution in [2.75, 3.05) is 12.3 Å². The lowest BCUT2D eigenvalue weighted by atomic mass is 9.97. The van der Waals surface area contributed by atoms with Crippen LogP contribution in [-0.2, 0) is 13.0 Å². The second-order valence-corrected chi connectivity index (χ2v) is 5.12. The molecule has 2 aromatic carbocycles. The Labute approximate surface area is 121 Å². The van der Waals surface area contributed by atoms with Crippen molar-refractivity contribution in [2.24, 2.45) is 0 Å². The van der Waals surface area contributed by atoms with Gasteiger partial charge in [0, 0.05) is 24.8 Å². The van der Waals surface area contributed by atoms with Crippen molar-refractivity contribution in [3.05, 3.63) is 58.9 Å². The Balaban J connectivity index is 1.89. The van der Waals surface area contributed by atoms with Gasteiger partial charge in [-0.2, -0.15) is 0 Å². The second kappa shape index (κ2) is 5.09. The normalized spacial score (nSPS) is 13.9. The van der Waals surface area contributed by atoms with Crippen LogP contribution in [0.3, 0.4) is 0 Å². The average Bonchev–Trinajstić information content (AvgIpc) is 2.47. The molecule has 1 aliphatic rings. The van der Waals surface area contributed by atoms with Gasteiger partial charge in [0.1, 0.15) is 11.6 Å². The molecule has 1 aliphatic heterocycles. The summed E-state index contributed by atoms with van der Waals surface area (Å²) >= 11 is 0. The molecule has 0 unspecified atom stereocenters. The van der Waals surface area contributed by atoms with Crippen molar-refractivity contribution < 1.29 is 14.3 Å². The molecule has 0 radical (unpaired) electrons. The number of nitrogens with zero attached hydrogens (tertiary/aromatic N) is 1. The maximum atomic E-state index is 13.0. The molecule has 0 saturated heterocycles. The van der Waals surface area contributed by atoms with E-state index >= 15 is 0 Å². The van der Waals surface area contributed by atoms with Crippen molar-refractivity contribution >= 4 is 11.6 Å². The highest BCUT2D eigenvalue weighted by atomic mass is 19.1. The maximum absolute atomic E-state index is 13.0.